The fourth-order valence-corrected chi connectivity index (χ4v) is 3.03. The van der Waals surface area contributed by atoms with Crippen molar-refractivity contribution in [2.45, 2.75) is 33.7 Å². The van der Waals surface area contributed by atoms with Crippen LogP contribution in [0.3, 0.4) is 0 Å². The van der Waals surface area contributed by atoms with Gasteiger partial charge in [-0.2, -0.15) is 0 Å². The number of carbonyl (C=O) groups excluding carboxylic acids is 1. The van der Waals surface area contributed by atoms with Gasteiger partial charge in [0, 0.05) is 31.3 Å². The van der Waals surface area contributed by atoms with Crippen LogP contribution in [0, 0.1) is 12.8 Å². The van der Waals surface area contributed by atoms with Gasteiger partial charge in [0.2, 0.25) is 5.91 Å². The lowest BCUT2D eigenvalue weighted by atomic mass is 10.0. The van der Waals surface area contributed by atoms with Crippen molar-refractivity contribution in [3.8, 4) is 5.75 Å². The minimum Gasteiger partial charge on any atom is -0.497 e. The number of aromatic nitrogens is 2. The lowest BCUT2D eigenvalue weighted by Crippen LogP contribution is -2.37. The number of H-pyrrole nitrogens is 1. The quantitative estimate of drug-likeness (QED) is 0.714. The van der Waals surface area contributed by atoms with Crippen LogP contribution in [0.15, 0.2) is 29.1 Å². The molecule has 0 atom stereocenters. The number of nitrogens with zero attached hydrogens (tertiary/aromatic N) is 2. The minimum atomic E-state index is -0.186. The lowest BCUT2D eigenvalue weighted by Gasteiger charge is -2.24. The second-order valence-electron chi connectivity index (χ2n) is 7.21. The van der Waals surface area contributed by atoms with E-state index in [0.29, 0.717) is 36.0 Å². The summed E-state index contributed by atoms with van der Waals surface area (Å²) >= 11 is 0. The van der Waals surface area contributed by atoms with E-state index in [9.17, 15) is 9.59 Å². The van der Waals surface area contributed by atoms with Gasteiger partial charge in [-0.1, -0.05) is 26.0 Å². The van der Waals surface area contributed by atoms with Gasteiger partial charge in [0.15, 0.2) is 0 Å². The van der Waals surface area contributed by atoms with Gasteiger partial charge in [0.25, 0.3) is 5.56 Å². The standard InChI is InChI=1S/C21H29N3O4/c1-14(2)11-24(20(25)13-27-4)12-19-22-15(3)18(21(26)23-19)10-16-7-6-8-17(9-16)28-5/h6-9,14H,10-13H2,1-5H3,(H,22,23,26). The number of ether oxygens (including phenoxy) is 2. The van der Waals surface area contributed by atoms with Crippen LogP contribution in [-0.2, 0) is 22.5 Å². The third kappa shape index (κ3) is 5.92. The van der Waals surface area contributed by atoms with E-state index >= 15 is 0 Å². The van der Waals surface area contributed by atoms with Crippen molar-refractivity contribution in [1.82, 2.24) is 14.9 Å². The number of benzene rings is 1. The van der Waals surface area contributed by atoms with Crippen molar-refractivity contribution in [1.29, 1.82) is 0 Å². The fourth-order valence-electron chi connectivity index (χ4n) is 3.03. The normalized spacial score (nSPS) is 10.9. The Labute approximate surface area is 165 Å². The molecule has 1 amide bonds. The number of aryl methyl sites for hydroxylation is 1. The molecule has 0 saturated carbocycles. The largest absolute Gasteiger partial charge is 0.497 e. The van der Waals surface area contributed by atoms with Crippen LogP contribution in [0.4, 0.5) is 0 Å². The molecule has 1 heterocycles. The first-order valence-corrected chi connectivity index (χ1v) is 9.32. The zero-order valence-electron chi connectivity index (χ0n) is 17.2. The maximum absolute atomic E-state index is 12.7. The van der Waals surface area contributed by atoms with Crippen molar-refractivity contribution in [3.05, 3.63) is 57.3 Å². The zero-order valence-corrected chi connectivity index (χ0v) is 17.2. The molecule has 0 bridgehead atoms. The number of hydrogen-bond donors (Lipinski definition) is 1. The predicted molar refractivity (Wildman–Crippen MR) is 108 cm³/mol. The van der Waals surface area contributed by atoms with E-state index in [1.165, 1.54) is 7.11 Å². The van der Waals surface area contributed by atoms with Crippen LogP contribution in [0.2, 0.25) is 0 Å². The molecule has 2 rings (SSSR count). The van der Waals surface area contributed by atoms with Crippen molar-refractivity contribution >= 4 is 5.91 Å². The van der Waals surface area contributed by atoms with Crippen molar-refractivity contribution in [3.63, 3.8) is 0 Å². The van der Waals surface area contributed by atoms with E-state index in [4.69, 9.17) is 9.47 Å². The zero-order chi connectivity index (χ0) is 20.7. The molecule has 7 nitrogen and oxygen atoms in total. The van der Waals surface area contributed by atoms with E-state index < -0.39 is 0 Å². The van der Waals surface area contributed by atoms with Crippen LogP contribution >= 0.6 is 0 Å². The lowest BCUT2D eigenvalue weighted by molar-refractivity contribution is -0.136. The van der Waals surface area contributed by atoms with E-state index in [1.54, 1.807) is 12.0 Å². The van der Waals surface area contributed by atoms with Gasteiger partial charge in [-0.3, -0.25) is 9.59 Å². The van der Waals surface area contributed by atoms with E-state index in [0.717, 1.165) is 11.3 Å². The highest BCUT2D eigenvalue weighted by Gasteiger charge is 2.18. The van der Waals surface area contributed by atoms with Gasteiger partial charge in [-0.25, -0.2) is 4.98 Å². The third-order valence-electron chi connectivity index (χ3n) is 4.33. The number of hydrogen-bond acceptors (Lipinski definition) is 5. The van der Waals surface area contributed by atoms with Gasteiger partial charge in [0.05, 0.1) is 13.7 Å². The fraction of sp³-hybridized carbons (Fsp3) is 0.476. The number of rotatable bonds is 9. The Bertz CT molecular complexity index is 861. The van der Waals surface area contributed by atoms with Crippen molar-refractivity contribution < 1.29 is 14.3 Å². The summed E-state index contributed by atoms with van der Waals surface area (Å²) < 4.78 is 10.2. The van der Waals surface area contributed by atoms with Crippen molar-refractivity contribution in [2.24, 2.45) is 5.92 Å². The summed E-state index contributed by atoms with van der Waals surface area (Å²) in [6, 6.07) is 7.61. The molecule has 2 aromatic rings. The third-order valence-corrected chi connectivity index (χ3v) is 4.33. The summed E-state index contributed by atoms with van der Waals surface area (Å²) in [4.78, 5) is 34.0. The van der Waals surface area contributed by atoms with Gasteiger partial charge in [-0.05, 0) is 30.5 Å². The highest BCUT2D eigenvalue weighted by Crippen LogP contribution is 2.16. The molecule has 28 heavy (non-hydrogen) atoms. The molecule has 0 fully saturated rings. The molecule has 0 unspecified atom stereocenters. The number of carbonyl (C=O) groups is 1. The van der Waals surface area contributed by atoms with Gasteiger partial charge in [-0.15, -0.1) is 0 Å². The molecule has 0 radical (unpaired) electrons. The molecule has 0 aliphatic heterocycles. The monoisotopic (exact) mass is 387 g/mol. The molecule has 152 valence electrons. The SMILES string of the molecule is COCC(=O)N(Cc1nc(C)c(Cc2cccc(OC)c2)c(=O)[nH]1)CC(C)C. The predicted octanol–water partition coefficient (Wildman–Crippen LogP) is 2.31. The van der Waals surface area contributed by atoms with Crippen LogP contribution in [0.25, 0.3) is 0 Å². The van der Waals surface area contributed by atoms with E-state index in [1.807, 2.05) is 45.0 Å². The topological polar surface area (TPSA) is 84.5 Å². The Kier molecular flexibility index (Phi) is 7.75. The van der Waals surface area contributed by atoms with Gasteiger partial charge >= 0.3 is 0 Å². The smallest absolute Gasteiger partial charge is 0.254 e. The number of methoxy groups -OCH3 is 2. The minimum absolute atomic E-state index is 0.00383. The first kappa shape index (κ1) is 21.6. The van der Waals surface area contributed by atoms with Crippen LogP contribution in [0.5, 0.6) is 5.75 Å². The Morgan fingerprint density at radius 1 is 1.29 bits per heavy atom. The average molecular weight is 387 g/mol. The van der Waals surface area contributed by atoms with Gasteiger partial charge < -0.3 is 19.4 Å². The first-order valence-electron chi connectivity index (χ1n) is 9.32. The van der Waals surface area contributed by atoms with Gasteiger partial charge in [0.1, 0.15) is 18.2 Å². The molecule has 7 heteroatoms. The summed E-state index contributed by atoms with van der Waals surface area (Å²) in [6.07, 6.45) is 0.462. The molecular weight excluding hydrogens is 358 g/mol. The highest BCUT2D eigenvalue weighted by molar-refractivity contribution is 5.77. The van der Waals surface area contributed by atoms with E-state index in [2.05, 4.69) is 9.97 Å². The number of nitrogens with one attached hydrogen (secondary N) is 1. The summed E-state index contributed by atoms with van der Waals surface area (Å²) in [6.45, 7) is 6.70. The summed E-state index contributed by atoms with van der Waals surface area (Å²) in [5.41, 5.74) is 2.05. The van der Waals surface area contributed by atoms with Crippen molar-refractivity contribution in [2.75, 3.05) is 27.4 Å². The molecule has 0 aliphatic rings. The molecule has 0 aliphatic carbocycles. The van der Waals surface area contributed by atoms with Crippen LogP contribution < -0.4 is 10.3 Å². The van der Waals surface area contributed by atoms with Crippen LogP contribution in [-0.4, -0.2) is 48.1 Å². The summed E-state index contributed by atoms with van der Waals surface area (Å²) in [5.74, 6) is 1.39. The molecule has 1 aromatic heterocycles. The second-order valence-corrected chi connectivity index (χ2v) is 7.21. The Hall–Kier alpha value is -2.67. The maximum Gasteiger partial charge on any atom is 0.254 e. The first-order chi connectivity index (χ1) is 13.3. The Balaban J connectivity index is 2.23. The Morgan fingerprint density at radius 3 is 2.64 bits per heavy atom. The molecule has 1 aromatic carbocycles. The number of aromatic amines is 1. The number of amides is 1. The molecule has 1 N–H and O–H groups in total. The highest BCUT2D eigenvalue weighted by atomic mass is 16.5. The average Bonchev–Trinajstić information content (AvgIpc) is 2.64. The van der Waals surface area contributed by atoms with E-state index in [-0.39, 0.29) is 24.6 Å². The summed E-state index contributed by atoms with van der Waals surface area (Å²) in [7, 11) is 3.10. The molecule has 0 saturated heterocycles. The molecular formula is C21H29N3O4. The maximum atomic E-state index is 12.7. The van der Waals surface area contributed by atoms with Crippen LogP contribution in [0.1, 0.15) is 36.5 Å². The molecule has 0 spiro atoms. The Morgan fingerprint density at radius 2 is 2.04 bits per heavy atom. The second kappa shape index (κ2) is 10.0. The summed E-state index contributed by atoms with van der Waals surface area (Å²) in [5, 5.41) is 0.